The van der Waals surface area contributed by atoms with Crippen molar-refractivity contribution in [2.24, 2.45) is 0 Å². The number of fused-ring (bicyclic) bond motifs is 3. The van der Waals surface area contributed by atoms with Gasteiger partial charge in [-0.1, -0.05) is 44.2 Å². The van der Waals surface area contributed by atoms with E-state index in [4.69, 9.17) is 0 Å². The number of carbonyl (C=O) groups excluding carboxylic acids is 3. The van der Waals surface area contributed by atoms with E-state index in [0.717, 1.165) is 54.9 Å². The molecule has 9 heteroatoms. The summed E-state index contributed by atoms with van der Waals surface area (Å²) in [6.07, 6.45) is 8.96. The van der Waals surface area contributed by atoms with E-state index in [2.05, 4.69) is 15.6 Å². The van der Waals surface area contributed by atoms with E-state index in [9.17, 15) is 23.2 Å². The molecule has 6 rings (SSSR count). The van der Waals surface area contributed by atoms with Crippen molar-refractivity contribution in [3.8, 4) is 0 Å². The molecule has 2 N–H and O–H groups in total. The lowest BCUT2D eigenvalue weighted by atomic mass is 9.79. The summed E-state index contributed by atoms with van der Waals surface area (Å²) < 4.78 is 28.4. The molecule has 0 unspecified atom stereocenters. The Bertz CT molecular complexity index is 1520. The largest absolute Gasteiger partial charge is 0.326 e. The lowest BCUT2D eigenvalue weighted by Gasteiger charge is -2.32. The molecule has 3 heterocycles. The average Bonchev–Trinajstić information content (AvgIpc) is 3.46. The number of pyridine rings is 1. The highest BCUT2D eigenvalue weighted by atomic mass is 19.1. The second-order valence-electron chi connectivity index (χ2n) is 11.7. The smallest absolute Gasteiger partial charge is 0.244 e. The maximum atomic E-state index is 14.2. The van der Waals surface area contributed by atoms with Gasteiger partial charge >= 0.3 is 0 Å². The Morgan fingerprint density at radius 2 is 1.69 bits per heavy atom. The van der Waals surface area contributed by atoms with Gasteiger partial charge in [-0.15, -0.1) is 0 Å². The Morgan fingerprint density at radius 3 is 2.50 bits per heavy atom. The molecule has 3 amide bonds. The van der Waals surface area contributed by atoms with Crippen LogP contribution in [0.15, 0.2) is 54.7 Å². The molecule has 1 aromatic heterocycles. The van der Waals surface area contributed by atoms with Crippen LogP contribution >= 0.6 is 0 Å². The van der Waals surface area contributed by atoms with Crippen molar-refractivity contribution in [3.63, 3.8) is 0 Å². The van der Waals surface area contributed by atoms with Crippen molar-refractivity contribution in [2.75, 3.05) is 17.2 Å². The number of nitrogens with zero attached hydrogens (tertiary/aromatic N) is 2. The normalized spacial score (nSPS) is 22.3. The van der Waals surface area contributed by atoms with Gasteiger partial charge in [-0.05, 0) is 72.7 Å². The Morgan fingerprint density at radius 1 is 0.952 bits per heavy atom. The third kappa shape index (κ3) is 5.52. The van der Waals surface area contributed by atoms with Gasteiger partial charge in [0.2, 0.25) is 17.7 Å². The van der Waals surface area contributed by atoms with E-state index in [1.165, 1.54) is 17.0 Å². The summed E-state index contributed by atoms with van der Waals surface area (Å²) in [5.41, 5.74) is 3.11. The van der Waals surface area contributed by atoms with Crippen LogP contribution in [0.25, 0.3) is 0 Å². The Labute approximate surface area is 243 Å². The van der Waals surface area contributed by atoms with Crippen molar-refractivity contribution in [2.45, 2.75) is 75.7 Å². The molecule has 1 spiro atoms. The first-order valence-corrected chi connectivity index (χ1v) is 14.8. The predicted octanol–water partition coefficient (Wildman–Crippen LogP) is 5.99. The van der Waals surface area contributed by atoms with Crippen LogP contribution in [-0.4, -0.2) is 34.2 Å². The van der Waals surface area contributed by atoms with Gasteiger partial charge in [-0.2, -0.15) is 0 Å². The van der Waals surface area contributed by atoms with Gasteiger partial charge in [0.25, 0.3) is 0 Å². The topological polar surface area (TPSA) is 91.4 Å². The number of hydrogen-bond donors (Lipinski definition) is 2. The molecule has 2 aromatic carbocycles. The number of rotatable bonds is 4. The molecule has 1 aliphatic carbocycles. The fourth-order valence-electron chi connectivity index (χ4n) is 6.81. The summed E-state index contributed by atoms with van der Waals surface area (Å²) in [7, 11) is 0. The van der Waals surface area contributed by atoms with Crippen LogP contribution in [0.3, 0.4) is 0 Å². The van der Waals surface area contributed by atoms with Crippen LogP contribution in [0.2, 0.25) is 0 Å². The maximum absolute atomic E-state index is 14.2. The molecule has 1 saturated heterocycles. The van der Waals surface area contributed by atoms with E-state index in [1.807, 2.05) is 24.3 Å². The molecular formula is C33H34F2N4O3. The number of aromatic nitrogens is 1. The van der Waals surface area contributed by atoms with Gasteiger partial charge in [0.15, 0.2) is 0 Å². The van der Waals surface area contributed by atoms with Crippen molar-refractivity contribution < 1.29 is 23.2 Å². The Kier molecular flexibility index (Phi) is 7.75. The molecule has 0 radical (unpaired) electrons. The van der Waals surface area contributed by atoms with Crippen molar-refractivity contribution in [1.29, 1.82) is 0 Å². The second kappa shape index (κ2) is 11.6. The van der Waals surface area contributed by atoms with Crippen LogP contribution in [-0.2, 0) is 32.6 Å². The molecular weight excluding hydrogens is 538 g/mol. The molecule has 3 aromatic rings. The predicted molar refractivity (Wildman–Crippen MR) is 155 cm³/mol. The van der Waals surface area contributed by atoms with Crippen molar-refractivity contribution in [3.05, 3.63) is 88.6 Å². The van der Waals surface area contributed by atoms with Crippen LogP contribution in [0, 0.1) is 11.6 Å². The zero-order valence-corrected chi connectivity index (χ0v) is 23.4. The first-order valence-electron chi connectivity index (χ1n) is 14.8. The van der Waals surface area contributed by atoms with Gasteiger partial charge in [0.1, 0.15) is 24.0 Å². The fourth-order valence-corrected chi connectivity index (χ4v) is 6.81. The van der Waals surface area contributed by atoms with Gasteiger partial charge in [-0.3, -0.25) is 14.4 Å². The quantitative estimate of drug-likeness (QED) is 0.402. The summed E-state index contributed by atoms with van der Waals surface area (Å²) in [6.45, 7) is -0.232. The first-order chi connectivity index (χ1) is 20.3. The number of nitrogens with one attached hydrogen (secondary N) is 2. The van der Waals surface area contributed by atoms with E-state index in [1.54, 1.807) is 12.3 Å². The van der Waals surface area contributed by atoms with Gasteiger partial charge in [-0.25, -0.2) is 13.8 Å². The Balaban J connectivity index is 1.22. The molecule has 3 aliphatic rings. The third-order valence-electron chi connectivity index (χ3n) is 8.86. The van der Waals surface area contributed by atoms with Crippen LogP contribution < -0.4 is 10.6 Å². The molecule has 2 atom stereocenters. The lowest BCUT2D eigenvalue weighted by molar-refractivity contribution is -0.137. The molecule has 2 aliphatic heterocycles. The number of benzene rings is 2. The molecule has 0 saturated carbocycles. The zero-order chi connectivity index (χ0) is 29.3. The van der Waals surface area contributed by atoms with E-state index in [0.29, 0.717) is 42.8 Å². The summed E-state index contributed by atoms with van der Waals surface area (Å²) >= 11 is 0. The number of hydrogen-bond acceptors (Lipinski definition) is 4. The third-order valence-corrected chi connectivity index (χ3v) is 8.86. The summed E-state index contributed by atoms with van der Waals surface area (Å²) in [4.78, 5) is 45.7. The van der Waals surface area contributed by atoms with Gasteiger partial charge in [0.05, 0.1) is 11.5 Å². The molecule has 1 fully saturated rings. The van der Waals surface area contributed by atoms with Crippen LogP contribution in [0.5, 0.6) is 0 Å². The minimum atomic E-state index is -0.713. The highest BCUT2D eigenvalue weighted by Gasteiger charge is 2.51. The maximum Gasteiger partial charge on any atom is 0.244 e. The Hall–Kier alpha value is -4.14. The van der Waals surface area contributed by atoms with Crippen molar-refractivity contribution in [1.82, 2.24) is 9.88 Å². The average molecular weight is 573 g/mol. The lowest BCUT2D eigenvalue weighted by Crippen LogP contribution is -2.40. The molecule has 42 heavy (non-hydrogen) atoms. The zero-order valence-electron chi connectivity index (χ0n) is 23.4. The molecule has 7 nitrogen and oxygen atoms in total. The van der Waals surface area contributed by atoms with Crippen molar-refractivity contribution >= 4 is 29.2 Å². The number of carbonyl (C=O) groups is 3. The second-order valence-corrected chi connectivity index (χ2v) is 11.7. The van der Waals surface area contributed by atoms with Gasteiger partial charge < -0.3 is 15.5 Å². The standard InChI is InChI=1S/C33H34F2N4O3/c34-24-14-22(15-25(35)17-24)28-9-5-3-1-2-4-6-10-30(41)39(28)20-29(40)37-26-12-11-21-18-33(19-23(21)16-26)27-8-7-13-36-31(27)38-32(33)42/h7-8,11-17,28H,1-6,9-10,18-20H2,(H,37,40)(H,36,38,42)/t28-,33+/m0/s1. The van der Waals surface area contributed by atoms with Gasteiger partial charge in [0, 0.05) is 29.9 Å². The minimum Gasteiger partial charge on any atom is -0.326 e. The monoisotopic (exact) mass is 572 g/mol. The summed E-state index contributed by atoms with van der Waals surface area (Å²) in [5.74, 6) is -1.48. The van der Waals surface area contributed by atoms with E-state index >= 15 is 0 Å². The molecule has 0 bridgehead atoms. The highest BCUT2D eigenvalue weighted by molar-refractivity contribution is 6.06. The number of halogens is 2. The number of amides is 3. The fraction of sp³-hybridized carbons (Fsp3) is 0.394. The van der Waals surface area contributed by atoms with Crippen LogP contribution in [0.1, 0.15) is 79.7 Å². The highest BCUT2D eigenvalue weighted by Crippen LogP contribution is 2.47. The SMILES string of the molecule is O=C(CN1C(=O)CCCCCCCC[C@H]1c1cc(F)cc(F)c1)Nc1ccc2c(c1)C[C@@]1(C2)C(=O)Nc2ncccc21. The number of anilines is 2. The molecule has 218 valence electrons. The van der Waals surface area contributed by atoms with E-state index < -0.39 is 23.1 Å². The minimum absolute atomic E-state index is 0.0732. The first kappa shape index (κ1) is 28.0. The van der Waals surface area contributed by atoms with Crippen LogP contribution in [0.4, 0.5) is 20.3 Å². The summed E-state index contributed by atoms with van der Waals surface area (Å²) in [6, 6.07) is 12.1. The van der Waals surface area contributed by atoms with E-state index in [-0.39, 0.29) is 30.7 Å². The summed E-state index contributed by atoms with van der Waals surface area (Å²) in [5, 5.41) is 5.83.